The van der Waals surface area contributed by atoms with Gasteiger partial charge in [-0.15, -0.1) is 0 Å². The number of nitrogens with one attached hydrogen (secondary N) is 1. The molecular formula is C13H19N3O. The predicted octanol–water partition coefficient (Wildman–Crippen LogP) is 0.843. The van der Waals surface area contributed by atoms with E-state index in [1.54, 1.807) is 0 Å². The fourth-order valence-electron chi connectivity index (χ4n) is 3.00. The molecule has 0 aliphatic carbocycles. The van der Waals surface area contributed by atoms with Crippen LogP contribution < -0.4 is 5.32 Å². The van der Waals surface area contributed by atoms with Crippen LogP contribution in [-0.2, 0) is 11.3 Å². The Morgan fingerprint density at radius 1 is 1.24 bits per heavy atom. The fraction of sp³-hybridized carbons (Fsp3) is 0.615. The summed E-state index contributed by atoms with van der Waals surface area (Å²) in [5, 5.41) is 3.25. The van der Waals surface area contributed by atoms with Crippen LogP contribution in [0, 0.1) is 0 Å². The van der Waals surface area contributed by atoms with E-state index in [0.717, 1.165) is 39.0 Å². The second-order valence-electron chi connectivity index (χ2n) is 5.28. The molecule has 4 nitrogen and oxygen atoms in total. The molecule has 3 heterocycles. The van der Waals surface area contributed by atoms with Crippen molar-refractivity contribution in [1.29, 1.82) is 0 Å². The molecular weight excluding hydrogens is 214 g/mol. The van der Waals surface area contributed by atoms with E-state index in [1.807, 2.05) is 29.1 Å². The predicted molar refractivity (Wildman–Crippen MR) is 65.6 cm³/mol. The zero-order valence-corrected chi connectivity index (χ0v) is 10.1. The molecule has 2 bridgehead atoms. The van der Waals surface area contributed by atoms with Crippen molar-refractivity contribution in [2.75, 3.05) is 19.6 Å². The molecule has 17 heavy (non-hydrogen) atoms. The highest BCUT2D eigenvalue weighted by Gasteiger charge is 2.44. The maximum absolute atomic E-state index is 11.9. The van der Waals surface area contributed by atoms with Crippen molar-refractivity contribution in [3.63, 3.8) is 0 Å². The quantitative estimate of drug-likeness (QED) is 0.837. The van der Waals surface area contributed by atoms with E-state index in [0.29, 0.717) is 6.42 Å². The molecule has 0 radical (unpaired) electrons. The third-order valence-corrected chi connectivity index (χ3v) is 4.01. The Bertz CT molecular complexity index is 391. The Kier molecular flexibility index (Phi) is 2.67. The van der Waals surface area contributed by atoms with Crippen molar-refractivity contribution in [3.8, 4) is 0 Å². The topological polar surface area (TPSA) is 37.3 Å². The summed E-state index contributed by atoms with van der Waals surface area (Å²) < 4.78 is 2.05. The zero-order valence-electron chi connectivity index (χ0n) is 10.1. The minimum atomic E-state index is 0.105. The minimum Gasteiger partial charge on any atom is -0.354 e. The van der Waals surface area contributed by atoms with E-state index in [-0.39, 0.29) is 11.4 Å². The number of rotatable bonds is 4. The number of carbonyl (C=O) groups excluding carboxylic acids is 1. The van der Waals surface area contributed by atoms with Crippen LogP contribution in [0.25, 0.3) is 0 Å². The van der Waals surface area contributed by atoms with Gasteiger partial charge < -0.3 is 14.8 Å². The minimum absolute atomic E-state index is 0.105. The molecule has 0 spiro atoms. The van der Waals surface area contributed by atoms with Gasteiger partial charge in [0, 0.05) is 45.0 Å². The summed E-state index contributed by atoms with van der Waals surface area (Å²) in [5.74, 6) is 0.197. The summed E-state index contributed by atoms with van der Waals surface area (Å²) in [5.41, 5.74) is 0.105. The maximum Gasteiger partial charge on any atom is 0.222 e. The van der Waals surface area contributed by atoms with Crippen LogP contribution in [0.1, 0.15) is 19.3 Å². The largest absolute Gasteiger partial charge is 0.354 e. The fourth-order valence-corrected chi connectivity index (χ4v) is 3.00. The van der Waals surface area contributed by atoms with Gasteiger partial charge in [-0.05, 0) is 25.0 Å². The lowest BCUT2D eigenvalue weighted by atomic mass is 9.95. The first kappa shape index (κ1) is 10.8. The molecule has 4 heteroatoms. The van der Waals surface area contributed by atoms with Crippen LogP contribution in [-0.4, -0.2) is 40.5 Å². The van der Waals surface area contributed by atoms with Gasteiger partial charge in [0.25, 0.3) is 0 Å². The smallest absolute Gasteiger partial charge is 0.222 e. The lowest BCUT2D eigenvalue weighted by Crippen LogP contribution is -2.47. The zero-order chi connectivity index (χ0) is 11.7. The standard InChI is InChI=1S/C13H19N3O/c17-12(3-8-15-6-1-2-7-15)14-13-4-9-16(11-13)10-5-13/h1-2,6-7H,3-5,8-11H2,(H,14,17). The van der Waals surface area contributed by atoms with Gasteiger partial charge in [-0.1, -0.05) is 0 Å². The molecule has 2 aliphatic rings. The summed E-state index contributed by atoms with van der Waals surface area (Å²) in [4.78, 5) is 14.4. The summed E-state index contributed by atoms with van der Waals surface area (Å²) in [6, 6.07) is 3.98. The second kappa shape index (κ2) is 4.18. The van der Waals surface area contributed by atoms with Gasteiger partial charge in [0.05, 0.1) is 5.54 Å². The molecule has 0 saturated carbocycles. The van der Waals surface area contributed by atoms with Crippen LogP contribution in [0.15, 0.2) is 24.5 Å². The third kappa shape index (κ3) is 2.22. The Balaban J connectivity index is 1.50. The van der Waals surface area contributed by atoms with Crippen LogP contribution >= 0.6 is 0 Å². The second-order valence-corrected chi connectivity index (χ2v) is 5.28. The van der Waals surface area contributed by atoms with Crippen LogP contribution in [0.3, 0.4) is 0 Å². The first-order valence-electron chi connectivity index (χ1n) is 6.40. The normalized spacial score (nSPS) is 30.7. The van der Waals surface area contributed by atoms with E-state index in [1.165, 1.54) is 0 Å². The van der Waals surface area contributed by atoms with Crippen molar-refractivity contribution >= 4 is 5.91 Å². The summed E-state index contributed by atoms with van der Waals surface area (Å²) in [7, 11) is 0. The van der Waals surface area contributed by atoms with Gasteiger partial charge in [-0.2, -0.15) is 0 Å². The molecule has 1 aromatic rings. The number of carbonyl (C=O) groups is 1. The van der Waals surface area contributed by atoms with E-state index in [2.05, 4.69) is 10.2 Å². The van der Waals surface area contributed by atoms with Gasteiger partial charge >= 0.3 is 0 Å². The van der Waals surface area contributed by atoms with E-state index in [4.69, 9.17) is 0 Å². The Morgan fingerprint density at radius 3 is 2.53 bits per heavy atom. The highest BCUT2D eigenvalue weighted by molar-refractivity contribution is 5.76. The molecule has 3 rings (SSSR count). The van der Waals surface area contributed by atoms with Crippen LogP contribution in [0.2, 0.25) is 0 Å². The lowest BCUT2D eigenvalue weighted by Gasteiger charge is -2.26. The molecule has 0 aromatic carbocycles. The molecule has 1 N–H and O–H groups in total. The number of hydrogen-bond donors (Lipinski definition) is 1. The summed E-state index contributed by atoms with van der Waals surface area (Å²) in [6.07, 6.45) is 6.83. The average molecular weight is 233 g/mol. The number of piperidine rings is 1. The number of nitrogens with zero attached hydrogens (tertiary/aromatic N) is 2. The molecule has 0 unspecified atom stereocenters. The summed E-state index contributed by atoms with van der Waals surface area (Å²) in [6.45, 7) is 4.14. The highest BCUT2D eigenvalue weighted by Crippen LogP contribution is 2.31. The van der Waals surface area contributed by atoms with Gasteiger partial charge in [0.1, 0.15) is 0 Å². The first-order chi connectivity index (χ1) is 8.26. The monoisotopic (exact) mass is 233 g/mol. The SMILES string of the molecule is O=C(CCn1cccc1)NC12CCN(CC1)C2. The van der Waals surface area contributed by atoms with Gasteiger partial charge in [0.2, 0.25) is 5.91 Å². The highest BCUT2D eigenvalue weighted by atomic mass is 16.1. The van der Waals surface area contributed by atoms with Crippen molar-refractivity contribution in [1.82, 2.24) is 14.8 Å². The Morgan fingerprint density at radius 2 is 1.94 bits per heavy atom. The third-order valence-electron chi connectivity index (χ3n) is 4.01. The number of aryl methyl sites for hydroxylation is 1. The van der Waals surface area contributed by atoms with Crippen molar-refractivity contribution in [2.24, 2.45) is 0 Å². The van der Waals surface area contributed by atoms with Crippen molar-refractivity contribution < 1.29 is 4.79 Å². The van der Waals surface area contributed by atoms with E-state index < -0.39 is 0 Å². The van der Waals surface area contributed by atoms with Gasteiger partial charge in [0.15, 0.2) is 0 Å². The molecule has 1 aromatic heterocycles. The average Bonchev–Trinajstić information content (AvgIpc) is 3.02. The number of hydrogen-bond acceptors (Lipinski definition) is 2. The molecule has 92 valence electrons. The molecule has 2 fully saturated rings. The number of aromatic nitrogens is 1. The van der Waals surface area contributed by atoms with Gasteiger partial charge in [-0.25, -0.2) is 0 Å². The number of amides is 1. The molecule has 2 aliphatic heterocycles. The maximum atomic E-state index is 11.9. The summed E-state index contributed by atoms with van der Waals surface area (Å²) >= 11 is 0. The van der Waals surface area contributed by atoms with Gasteiger partial charge in [-0.3, -0.25) is 4.79 Å². The van der Waals surface area contributed by atoms with Crippen LogP contribution in [0.4, 0.5) is 0 Å². The van der Waals surface area contributed by atoms with Crippen LogP contribution in [0.5, 0.6) is 0 Å². The Labute approximate surface area is 102 Å². The van der Waals surface area contributed by atoms with E-state index in [9.17, 15) is 4.79 Å². The molecule has 0 atom stereocenters. The van der Waals surface area contributed by atoms with E-state index >= 15 is 0 Å². The van der Waals surface area contributed by atoms with Crippen molar-refractivity contribution in [3.05, 3.63) is 24.5 Å². The Hall–Kier alpha value is -1.29. The molecule has 2 saturated heterocycles. The first-order valence-corrected chi connectivity index (χ1v) is 6.40. The lowest BCUT2D eigenvalue weighted by molar-refractivity contribution is -0.123. The number of fused-ring (bicyclic) bond motifs is 2. The van der Waals surface area contributed by atoms with Crippen molar-refractivity contribution in [2.45, 2.75) is 31.3 Å². The molecule has 1 amide bonds.